The van der Waals surface area contributed by atoms with Crippen LogP contribution in [0.15, 0.2) is 42.5 Å². The molecule has 1 heterocycles. The molecule has 1 saturated heterocycles. The summed E-state index contributed by atoms with van der Waals surface area (Å²) in [6, 6.07) is 14.0. The Hall–Kier alpha value is -1.65. The molecule has 0 saturated carbocycles. The molecule has 2 aliphatic rings. The van der Waals surface area contributed by atoms with E-state index in [1.807, 2.05) is 12.1 Å². The lowest BCUT2D eigenvalue weighted by Gasteiger charge is -2.41. The summed E-state index contributed by atoms with van der Waals surface area (Å²) in [5.74, 6) is 2.33. The van der Waals surface area contributed by atoms with Gasteiger partial charge in [0.25, 0.3) is 0 Å². The monoisotopic (exact) mass is 424 g/mol. The molecule has 1 fully saturated rings. The fraction of sp³-hybridized carbons (Fsp3) is 0.400. The number of hydrogen-bond acceptors (Lipinski definition) is 3. The van der Waals surface area contributed by atoms with Gasteiger partial charge in [0.2, 0.25) is 0 Å². The molecule has 2 aromatic rings. The van der Waals surface area contributed by atoms with Gasteiger partial charge in [-0.25, -0.2) is 4.79 Å². The van der Waals surface area contributed by atoms with Crippen LogP contribution >= 0.6 is 23.5 Å². The van der Waals surface area contributed by atoms with E-state index < -0.39 is 5.97 Å². The molecule has 1 atom stereocenters. The Labute approximate surface area is 182 Å². The van der Waals surface area contributed by atoms with Crippen LogP contribution in [0.3, 0.4) is 0 Å². The predicted octanol–water partition coefficient (Wildman–Crippen LogP) is 6.91. The zero-order valence-corrected chi connectivity index (χ0v) is 18.7. The average Bonchev–Trinajstić information content (AvgIpc) is 2.73. The van der Waals surface area contributed by atoms with Crippen molar-refractivity contribution in [2.24, 2.45) is 0 Å². The molecule has 0 radical (unpaired) electrons. The molecule has 1 aliphatic carbocycles. The van der Waals surface area contributed by atoms with E-state index in [1.165, 1.54) is 47.5 Å². The van der Waals surface area contributed by atoms with Crippen LogP contribution in [-0.4, -0.2) is 27.2 Å². The second kappa shape index (κ2) is 8.61. The summed E-state index contributed by atoms with van der Waals surface area (Å²) in [6.45, 7) is 4.76. The first-order valence-electron chi connectivity index (χ1n) is 10.3. The zero-order chi connectivity index (χ0) is 20.4. The molecule has 2 nitrogen and oxygen atoms in total. The van der Waals surface area contributed by atoms with E-state index in [9.17, 15) is 4.79 Å². The molecular weight excluding hydrogens is 396 g/mol. The van der Waals surface area contributed by atoms with Gasteiger partial charge in [0.05, 0.1) is 10.1 Å². The summed E-state index contributed by atoms with van der Waals surface area (Å²) in [6.07, 6.45) is 8.08. The summed E-state index contributed by atoms with van der Waals surface area (Å²) in [7, 11) is 0. The summed E-state index contributed by atoms with van der Waals surface area (Å²) < 4.78 is 0.682. The first-order chi connectivity index (χ1) is 13.9. The number of aromatic carboxylic acids is 1. The second-order valence-corrected chi connectivity index (χ2v) is 11.4. The van der Waals surface area contributed by atoms with Crippen molar-refractivity contribution in [3.05, 3.63) is 70.3 Å². The highest BCUT2D eigenvalue weighted by Crippen LogP contribution is 2.50. The van der Waals surface area contributed by atoms with E-state index in [0.29, 0.717) is 16.1 Å². The van der Waals surface area contributed by atoms with Crippen LogP contribution < -0.4 is 0 Å². The van der Waals surface area contributed by atoms with Gasteiger partial charge in [-0.1, -0.05) is 56.3 Å². The SMILES string of the molecule is CC1(C)CCC(C2SCCCS2)c2cc(/C=C/c3ccc(C(=O)O)cc3)ccc21. The zero-order valence-electron chi connectivity index (χ0n) is 17.1. The van der Waals surface area contributed by atoms with Crippen molar-refractivity contribution in [3.63, 3.8) is 0 Å². The van der Waals surface area contributed by atoms with Gasteiger partial charge in [0.15, 0.2) is 0 Å². The maximum Gasteiger partial charge on any atom is 0.335 e. The number of hydrogen-bond donors (Lipinski definition) is 1. The molecule has 1 aliphatic heterocycles. The van der Waals surface area contributed by atoms with Crippen molar-refractivity contribution in [2.45, 2.75) is 49.0 Å². The van der Waals surface area contributed by atoms with Crippen molar-refractivity contribution in [1.29, 1.82) is 0 Å². The maximum absolute atomic E-state index is 11.0. The van der Waals surface area contributed by atoms with Crippen molar-refractivity contribution < 1.29 is 9.90 Å². The lowest BCUT2D eigenvalue weighted by molar-refractivity contribution is 0.0697. The summed E-state index contributed by atoms with van der Waals surface area (Å²) in [5, 5.41) is 9.05. The van der Waals surface area contributed by atoms with Crippen molar-refractivity contribution >= 4 is 41.6 Å². The molecule has 0 bridgehead atoms. The minimum atomic E-state index is -0.887. The molecular formula is C25H28O2S2. The van der Waals surface area contributed by atoms with E-state index in [0.717, 1.165) is 5.56 Å². The third kappa shape index (κ3) is 4.59. The van der Waals surface area contributed by atoms with Gasteiger partial charge in [-0.3, -0.25) is 0 Å². The number of fused-ring (bicyclic) bond motifs is 1. The Bertz CT molecular complexity index is 909. The molecule has 4 rings (SSSR count). The summed E-state index contributed by atoms with van der Waals surface area (Å²) >= 11 is 4.30. The molecule has 1 unspecified atom stereocenters. The molecule has 29 heavy (non-hydrogen) atoms. The van der Waals surface area contributed by atoms with Gasteiger partial charge in [-0.2, -0.15) is 0 Å². The minimum Gasteiger partial charge on any atom is -0.478 e. The highest BCUT2D eigenvalue weighted by atomic mass is 32.2. The van der Waals surface area contributed by atoms with Gasteiger partial charge in [0.1, 0.15) is 0 Å². The lowest BCUT2D eigenvalue weighted by atomic mass is 9.69. The Morgan fingerprint density at radius 2 is 1.69 bits per heavy atom. The molecule has 1 N–H and O–H groups in total. The number of carboxylic acids is 1. The number of thioether (sulfide) groups is 2. The van der Waals surface area contributed by atoms with E-state index >= 15 is 0 Å². The van der Waals surface area contributed by atoms with Gasteiger partial charge >= 0.3 is 5.97 Å². The molecule has 0 amide bonds. The summed E-state index contributed by atoms with van der Waals surface area (Å²) in [5.41, 5.74) is 5.86. The third-order valence-corrected chi connectivity index (χ3v) is 9.27. The standard InChI is InChI=1S/C25H28O2S2/c1-25(2)13-12-20(24-28-14-3-15-29-24)21-16-18(8-11-22(21)25)5-4-17-6-9-19(10-7-17)23(26)27/h4-11,16,20,24H,3,12-15H2,1-2H3,(H,26,27)/b5-4+. The smallest absolute Gasteiger partial charge is 0.335 e. The van der Waals surface area contributed by atoms with Crippen LogP contribution in [0.25, 0.3) is 12.2 Å². The number of carbonyl (C=O) groups is 1. The van der Waals surface area contributed by atoms with Gasteiger partial charge in [-0.15, -0.1) is 23.5 Å². The van der Waals surface area contributed by atoms with Gasteiger partial charge in [-0.05, 0) is 70.6 Å². The predicted molar refractivity (Wildman–Crippen MR) is 127 cm³/mol. The third-order valence-electron chi connectivity index (χ3n) is 6.09. The van der Waals surface area contributed by atoms with Gasteiger partial charge < -0.3 is 5.11 Å². The van der Waals surface area contributed by atoms with Gasteiger partial charge in [0, 0.05) is 5.92 Å². The van der Waals surface area contributed by atoms with Crippen LogP contribution in [0, 0.1) is 0 Å². The highest BCUT2D eigenvalue weighted by Gasteiger charge is 2.37. The maximum atomic E-state index is 11.0. The first kappa shape index (κ1) is 20.6. The van der Waals surface area contributed by atoms with Crippen LogP contribution in [-0.2, 0) is 5.41 Å². The lowest BCUT2D eigenvalue weighted by Crippen LogP contribution is -2.30. The quantitative estimate of drug-likeness (QED) is 0.541. The first-order valence-corrected chi connectivity index (χ1v) is 12.4. The van der Waals surface area contributed by atoms with Crippen LogP contribution in [0.2, 0.25) is 0 Å². The van der Waals surface area contributed by atoms with Crippen LogP contribution in [0.5, 0.6) is 0 Å². The fourth-order valence-corrected chi connectivity index (χ4v) is 7.63. The average molecular weight is 425 g/mol. The summed E-state index contributed by atoms with van der Waals surface area (Å²) in [4.78, 5) is 11.0. The topological polar surface area (TPSA) is 37.3 Å². The van der Waals surface area contributed by atoms with E-state index in [2.05, 4.69) is 67.7 Å². The largest absolute Gasteiger partial charge is 0.478 e. The van der Waals surface area contributed by atoms with E-state index in [-0.39, 0.29) is 5.41 Å². The fourth-order valence-electron chi connectivity index (χ4n) is 4.36. The highest BCUT2D eigenvalue weighted by molar-refractivity contribution is 8.17. The van der Waals surface area contributed by atoms with Crippen LogP contribution in [0.4, 0.5) is 0 Å². The number of carboxylic acid groups (broad SMARTS) is 1. The van der Waals surface area contributed by atoms with Crippen molar-refractivity contribution in [2.75, 3.05) is 11.5 Å². The Morgan fingerprint density at radius 3 is 2.38 bits per heavy atom. The van der Waals surface area contributed by atoms with E-state index in [1.54, 1.807) is 12.1 Å². The minimum absolute atomic E-state index is 0.241. The molecule has 0 spiro atoms. The van der Waals surface area contributed by atoms with Crippen molar-refractivity contribution in [3.8, 4) is 0 Å². The van der Waals surface area contributed by atoms with Crippen LogP contribution in [0.1, 0.15) is 71.6 Å². The Kier molecular flexibility index (Phi) is 6.12. The Morgan fingerprint density at radius 1 is 1.03 bits per heavy atom. The molecule has 4 heteroatoms. The van der Waals surface area contributed by atoms with E-state index in [4.69, 9.17) is 5.11 Å². The molecule has 152 valence electrons. The molecule has 0 aromatic heterocycles. The van der Waals surface area contributed by atoms with Crippen molar-refractivity contribution in [1.82, 2.24) is 0 Å². The normalized spacial score (nSPS) is 21.8. The number of rotatable bonds is 4. The molecule has 2 aromatic carbocycles. The number of benzene rings is 2. The Balaban J connectivity index is 1.61. The second-order valence-electron chi connectivity index (χ2n) is 8.60.